The van der Waals surface area contributed by atoms with Crippen LogP contribution >= 0.6 is 0 Å². The van der Waals surface area contributed by atoms with E-state index in [1.54, 1.807) is 18.2 Å². The van der Waals surface area contributed by atoms with Crippen LogP contribution in [0.1, 0.15) is 10.4 Å². The number of H-pyrrole nitrogens is 1. The van der Waals surface area contributed by atoms with Crippen molar-refractivity contribution in [3.63, 3.8) is 0 Å². The summed E-state index contributed by atoms with van der Waals surface area (Å²) in [4.78, 5) is 34.8. The topological polar surface area (TPSA) is 90.4 Å². The molecule has 3 rings (SSSR count). The maximum Gasteiger partial charge on any atom is 0.265 e. The smallest absolute Gasteiger partial charge is 0.265 e. The van der Waals surface area contributed by atoms with E-state index in [2.05, 4.69) is 5.10 Å². The number of ether oxygens (including phenoxy) is 2. The highest BCUT2D eigenvalue weighted by Gasteiger charge is 2.16. The van der Waals surface area contributed by atoms with Gasteiger partial charge < -0.3 is 9.47 Å². The SMILES string of the molecule is O=C(Cn1[nH]c(=O)ccc1=O)c1ccc2c(c1)OCO2. The minimum atomic E-state index is -0.446. The molecule has 0 bridgehead atoms. The van der Waals surface area contributed by atoms with Gasteiger partial charge in [-0.3, -0.25) is 19.5 Å². The Labute approximate surface area is 112 Å². The third-order valence-corrected chi connectivity index (χ3v) is 2.88. The van der Waals surface area contributed by atoms with Crippen molar-refractivity contribution >= 4 is 5.78 Å². The number of fused-ring (bicyclic) bond motifs is 1. The Hall–Kier alpha value is -2.83. The summed E-state index contributed by atoms with van der Waals surface area (Å²) >= 11 is 0. The van der Waals surface area contributed by atoms with Crippen LogP contribution in [0, 0.1) is 0 Å². The molecule has 1 N–H and O–H groups in total. The molecular weight excluding hydrogens is 264 g/mol. The number of nitrogens with one attached hydrogen (secondary N) is 1. The number of carbonyl (C=O) groups is 1. The molecule has 7 heteroatoms. The van der Waals surface area contributed by atoms with Crippen LogP contribution in [0.5, 0.6) is 11.5 Å². The van der Waals surface area contributed by atoms with Crippen molar-refractivity contribution < 1.29 is 14.3 Å². The number of ketones is 1. The Morgan fingerprint density at radius 1 is 1.15 bits per heavy atom. The molecule has 0 unspecified atom stereocenters. The van der Waals surface area contributed by atoms with Crippen LogP contribution in [0.25, 0.3) is 0 Å². The molecule has 0 fully saturated rings. The largest absolute Gasteiger partial charge is 0.454 e. The van der Waals surface area contributed by atoms with Gasteiger partial charge >= 0.3 is 0 Å². The fraction of sp³-hybridized carbons (Fsp3) is 0.154. The first-order valence-electron chi connectivity index (χ1n) is 5.86. The number of benzene rings is 1. The van der Waals surface area contributed by atoms with Gasteiger partial charge in [0.25, 0.3) is 11.1 Å². The average molecular weight is 274 g/mol. The third-order valence-electron chi connectivity index (χ3n) is 2.88. The third kappa shape index (κ3) is 2.20. The van der Waals surface area contributed by atoms with Crippen LogP contribution in [0.3, 0.4) is 0 Å². The lowest BCUT2D eigenvalue weighted by molar-refractivity contribution is 0.0965. The van der Waals surface area contributed by atoms with E-state index in [1.165, 1.54) is 0 Å². The number of carbonyl (C=O) groups excluding carboxylic acids is 1. The minimum Gasteiger partial charge on any atom is -0.454 e. The second-order valence-electron chi connectivity index (χ2n) is 4.22. The van der Waals surface area contributed by atoms with Gasteiger partial charge in [0.05, 0.1) is 0 Å². The molecule has 0 spiro atoms. The van der Waals surface area contributed by atoms with Crippen molar-refractivity contribution in [1.29, 1.82) is 0 Å². The Morgan fingerprint density at radius 3 is 2.80 bits per heavy atom. The van der Waals surface area contributed by atoms with E-state index < -0.39 is 11.1 Å². The molecule has 0 saturated carbocycles. The van der Waals surface area contributed by atoms with Crippen LogP contribution in [-0.4, -0.2) is 22.4 Å². The minimum absolute atomic E-state index is 0.123. The maximum absolute atomic E-state index is 12.1. The van der Waals surface area contributed by atoms with Crippen molar-refractivity contribution in [3.05, 3.63) is 56.6 Å². The average Bonchev–Trinajstić information content (AvgIpc) is 2.90. The van der Waals surface area contributed by atoms with Gasteiger partial charge in [-0.2, -0.15) is 0 Å². The molecule has 0 saturated heterocycles. The zero-order chi connectivity index (χ0) is 14.1. The predicted molar refractivity (Wildman–Crippen MR) is 68.2 cm³/mol. The van der Waals surface area contributed by atoms with Crippen molar-refractivity contribution in [3.8, 4) is 11.5 Å². The van der Waals surface area contributed by atoms with Gasteiger partial charge in [-0.15, -0.1) is 0 Å². The Balaban J connectivity index is 1.88. The van der Waals surface area contributed by atoms with Crippen LogP contribution in [0.2, 0.25) is 0 Å². The van der Waals surface area contributed by atoms with E-state index in [4.69, 9.17) is 9.47 Å². The summed E-state index contributed by atoms with van der Waals surface area (Å²) in [6, 6.07) is 7.00. The number of Topliss-reactive ketones (excluding diaryl/α,β-unsaturated/α-hetero) is 1. The molecule has 20 heavy (non-hydrogen) atoms. The zero-order valence-corrected chi connectivity index (χ0v) is 10.3. The van der Waals surface area contributed by atoms with Crippen molar-refractivity contribution in [2.45, 2.75) is 6.54 Å². The number of nitrogens with zero attached hydrogens (tertiary/aromatic N) is 1. The van der Waals surface area contributed by atoms with E-state index in [0.29, 0.717) is 17.1 Å². The molecule has 0 amide bonds. The lowest BCUT2D eigenvalue weighted by Gasteiger charge is -2.05. The van der Waals surface area contributed by atoms with Crippen molar-refractivity contribution in [2.75, 3.05) is 6.79 Å². The molecule has 1 aromatic carbocycles. The standard InChI is InChI=1S/C13H10N2O5/c16-9(6-15-13(18)4-3-12(17)14-15)8-1-2-10-11(5-8)20-7-19-10/h1-5H,6-7H2,(H,14,17). The van der Waals surface area contributed by atoms with E-state index in [-0.39, 0.29) is 19.1 Å². The number of aromatic nitrogens is 2. The first-order valence-corrected chi connectivity index (χ1v) is 5.86. The molecule has 1 aromatic heterocycles. The zero-order valence-electron chi connectivity index (χ0n) is 10.3. The molecular formula is C13H10N2O5. The van der Waals surface area contributed by atoms with Crippen LogP contribution < -0.4 is 20.6 Å². The number of hydrogen-bond acceptors (Lipinski definition) is 5. The summed E-state index contributed by atoms with van der Waals surface area (Å²) in [6.45, 7) is -0.118. The summed E-state index contributed by atoms with van der Waals surface area (Å²) in [5.41, 5.74) is -0.507. The number of rotatable bonds is 3. The van der Waals surface area contributed by atoms with Gasteiger partial charge in [-0.25, -0.2) is 4.68 Å². The second-order valence-corrected chi connectivity index (χ2v) is 4.22. The van der Waals surface area contributed by atoms with Gasteiger partial charge in [0, 0.05) is 17.7 Å². The van der Waals surface area contributed by atoms with Gasteiger partial charge in [-0.1, -0.05) is 0 Å². The summed E-state index contributed by atoms with van der Waals surface area (Å²) in [6.07, 6.45) is 0. The molecule has 0 radical (unpaired) electrons. The molecule has 1 aliphatic heterocycles. The molecule has 2 heterocycles. The predicted octanol–water partition coefficient (Wildman–Crippen LogP) is 0.148. The normalized spacial score (nSPS) is 12.4. The summed E-state index contributed by atoms with van der Waals surface area (Å²) < 4.78 is 11.3. The molecule has 1 aliphatic rings. The Bertz CT molecular complexity index is 790. The van der Waals surface area contributed by atoms with Gasteiger partial charge in [0.15, 0.2) is 17.3 Å². The highest BCUT2D eigenvalue weighted by Crippen LogP contribution is 2.32. The number of aromatic amines is 1. The Kier molecular flexibility index (Phi) is 2.86. The summed E-state index contributed by atoms with van der Waals surface area (Å²) in [5, 5.41) is 2.30. The van der Waals surface area contributed by atoms with Gasteiger partial charge in [0.2, 0.25) is 6.79 Å². The van der Waals surface area contributed by atoms with E-state index in [1.807, 2.05) is 0 Å². The second kappa shape index (κ2) is 4.69. The number of hydrogen-bond donors (Lipinski definition) is 1. The van der Waals surface area contributed by atoms with Gasteiger partial charge in [-0.05, 0) is 18.2 Å². The maximum atomic E-state index is 12.1. The first kappa shape index (κ1) is 12.2. The fourth-order valence-electron chi connectivity index (χ4n) is 1.88. The molecule has 2 aromatic rings. The van der Waals surface area contributed by atoms with E-state index >= 15 is 0 Å². The lowest BCUT2D eigenvalue weighted by atomic mass is 10.1. The molecule has 102 valence electrons. The Morgan fingerprint density at radius 2 is 1.95 bits per heavy atom. The highest BCUT2D eigenvalue weighted by atomic mass is 16.7. The van der Waals surface area contributed by atoms with Crippen LogP contribution in [0.4, 0.5) is 0 Å². The molecule has 7 nitrogen and oxygen atoms in total. The highest BCUT2D eigenvalue weighted by molar-refractivity contribution is 5.96. The molecule has 0 aliphatic carbocycles. The monoisotopic (exact) mass is 274 g/mol. The first-order chi connectivity index (χ1) is 9.63. The summed E-state index contributed by atoms with van der Waals surface area (Å²) in [5.74, 6) is 0.754. The lowest BCUT2D eigenvalue weighted by Crippen LogP contribution is -2.30. The van der Waals surface area contributed by atoms with Crippen molar-refractivity contribution in [1.82, 2.24) is 9.78 Å². The fourth-order valence-corrected chi connectivity index (χ4v) is 1.88. The quantitative estimate of drug-likeness (QED) is 0.804. The van der Waals surface area contributed by atoms with E-state index in [0.717, 1.165) is 16.8 Å². The van der Waals surface area contributed by atoms with Gasteiger partial charge in [0.1, 0.15) is 6.54 Å². The summed E-state index contributed by atoms with van der Waals surface area (Å²) in [7, 11) is 0. The van der Waals surface area contributed by atoms with Crippen LogP contribution in [0.15, 0.2) is 39.9 Å². The molecule has 0 atom stereocenters. The van der Waals surface area contributed by atoms with E-state index in [9.17, 15) is 14.4 Å². The van der Waals surface area contributed by atoms with Crippen LogP contribution in [-0.2, 0) is 6.54 Å². The van der Waals surface area contributed by atoms with Crippen molar-refractivity contribution in [2.24, 2.45) is 0 Å².